The minimum absolute atomic E-state index is 0.0112. The van der Waals surface area contributed by atoms with Crippen molar-refractivity contribution in [2.24, 2.45) is 0 Å². The van der Waals surface area contributed by atoms with Crippen molar-refractivity contribution >= 4 is 17.3 Å². The number of benzene rings is 2. The molecule has 0 radical (unpaired) electrons. The molecule has 0 saturated carbocycles. The van der Waals surface area contributed by atoms with Crippen LogP contribution in [0.25, 0.3) is 5.57 Å². The van der Waals surface area contributed by atoms with E-state index in [-0.39, 0.29) is 48.2 Å². The molecule has 1 unspecified atom stereocenters. The molecular weight excluding hydrogens is 505 g/mol. The molecule has 1 aliphatic carbocycles. The molecule has 0 aliphatic heterocycles. The molecule has 2 aromatic carbocycles. The van der Waals surface area contributed by atoms with Crippen molar-refractivity contribution in [1.82, 2.24) is 5.32 Å². The van der Waals surface area contributed by atoms with E-state index in [0.717, 1.165) is 0 Å². The summed E-state index contributed by atoms with van der Waals surface area (Å²) >= 11 is 0. The topological polar surface area (TPSA) is 46.2 Å². The van der Waals surface area contributed by atoms with Crippen LogP contribution < -0.4 is 5.32 Å². The maximum absolute atomic E-state index is 13.7. The van der Waals surface area contributed by atoms with E-state index >= 15 is 0 Å². The highest BCUT2D eigenvalue weighted by atomic mass is 19.4. The molecule has 194 valence electrons. The lowest BCUT2D eigenvalue weighted by atomic mass is 9.96. The number of hydrogen-bond acceptors (Lipinski definition) is 2. The molecule has 3 nitrogen and oxygen atoms in total. The predicted molar refractivity (Wildman–Crippen MR) is 111 cm³/mol. The number of allylic oxidation sites excluding steroid dienone is 2. The van der Waals surface area contributed by atoms with E-state index in [9.17, 15) is 49.1 Å². The van der Waals surface area contributed by atoms with Gasteiger partial charge in [-0.05, 0) is 59.9 Å². The smallest absolute Gasteiger partial charge is 0.349 e. The standard InChI is InChI=1S/C24H18F9NO2/c1-2-21(36)34-19-6-4-12-7-13(3-5-17(12)19)20(35)11-18(24(31,32)33)14-8-15(22(25,26)27)10-16(9-14)23(28,29)30/h3,5,7-11,19H,2,4,6H2,1H3,(H,34,36)/b18-11+. The van der Waals surface area contributed by atoms with Crippen molar-refractivity contribution in [3.63, 3.8) is 0 Å². The summed E-state index contributed by atoms with van der Waals surface area (Å²) in [6.07, 6.45) is -15.0. The summed E-state index contributed by atoms with van der Waals surface area (Å²) in [4.78, 5) is 24.3. The summed E-state index contributed by atoms with van der Waals surface area (Å²) in [6, 6.07) is 3.14. The number of nitrogens with one attached hydrogen (secondary N) is 1. The maximum atomic E-state index is 13.7. The fraction of sp³-hybridized carbons (Fsp3) is 0.333. The fourth-order valence-corrected chi connectivity index (χ4v) is 3.87. The molecule has 3 rings (SSSR count). The number of carbonyl (C=O) groups excluding carboxylic acids is 2. The molecule has 0 heterocycles. The van der Waals surface area contributed by atoms with Crippen molar-refractivity contribution in [3.05, 3.63) is 75.9 Å². The second-order valence-electron chi connectivity index (χ2n) is 8.14. The Morgan fingerprint density at radius 1 is 0.889 bits per heavy atom. The Balaban J connectivity index is 2.05. The monoisotopic (exact) mass is 523 g/mol. The quantitative estimate of drug-likeness (QED) is 0.259. The molecule has 0 aromatic heterocycles. The molecule has 1 atom stereocenters. The van der Waals surface area contributed by atoms with Gasteiger partial charge in [-0.3, -0.25) is 9.59 Å². The molecule has 0 spiro atoms. The Labute approximate surface area is 199 Å². The third-order valence-electron chi connectivity index (χ3n) is 5.64. The number of carbonyl (C=O) groups is 2. The van der Waals surface area contributed by atoms with Gasteiger partial charge in [-0.1, -0.05) is 19.1 Å². The number of halogens is 9. The van der Waals surface area contributed by atoms with Crippen LogP contribution in [-0.4, -0.2) is 17.9 Å². The molecule has 2 aromatic rings. The van der Waals surface area contributed by atoms with E-state index in [4.69, 9.17) is 0 Å². The third-order valence-corrected chi connectivity index (χ3v) is 5.64. The van der Waals surface area contributed by atoms with Gasteiger partial charge in [0.15, 0.2) is 5.78 Å². The number of ketones is 1. The summed E-state index contributed by atoms with van der Waals surface area (Å²) in [5.74, 6) is -1.47. The van der Waals surface area contributed by atoms with Crippen LogP contribution in [0, 0.1) is 0 Å². The molecule has 0 bridgehead atoms. The van der Waals surface area contributed by atoms with Crippen molar-refractivity contribution in [1.29, 1.82) is 0 Å². The van der Waals surface area contributed by atoms with Crippen LogP contribution in [0.2, 0.25) is 0 Å². The second kappa shape index (κ2) is 9.62. The van der Waals surface area contributed by atoms with E-state index < -0.39 is 46.6 Å². The van der Waals surface area contributed by atoms with Crippen molar-refractivity contribution < 1.29 is 49.1 Å². The highest BCUT2D eigenvalue weighted by Crippen LogP contribution is 2.41. The number of amides is 1. The lowest BCUT2D eigenvalue weighted by molar-refractivity contribution is -0.143. The Kier molecular flexibility index (Phi) is 7.29. The van der Waals surface area contributed by atoms with Gasteiger partial charge in [-0.15, -0.1) is 0 Å². The first kappa shape index (κ1) is 27.3. The molecule has 36 heavy (non-hydrogen) atoms. The molecule has 0 saturated heterocycles. The number of hydrogen-bond donors (Lipinski definition) is 1. The predicted octanol–water partition coefficient (Wildman–Crippen LogP) is 7.07. The van der Waals surface area contributed by atoms with E-state index in [1.807, 2.05) is 0 Å². The van der Waals surface area contributed by atoms with Crippen LogP contribution in [0.1, 0.15) is 64.0 Å². The van der Waals surface area contributed by atoms with Gasteiger partial charge in [0, 0.05) is 12.0 Å². The van der Waals surface area contributed by atoms with E-state index in [0.29, 0.717) is 24.0 Å². The minimum Gasteiger partial charge on any atom is -0.349 e. The molecule has 1 N–H and O–H groups in total. The van der Waals surface area contributed by atoms with Gasteiger partial charge in [0.1, 0.15) is 0 Å². The summed E-state index contributed by atoms with van der Waals surface area (Å²) in [7, 11) is 0. The first-order chi connectivity index (χ1) is 16.5. The van der Waals surface area contributed by atoms with Crippen molar-refractivity contribution in [2.45, 2.75) is 50.8 Å². The Morgan fingerprint density at radius 3 is 1.97 bits per heavy atom. The second-order valence-corrected chi connectivity index (χ2v) is 8.14. The van der Waals surface area contributed by atoms with Gasteiger partial charge < -0.3 is 5.32 Å². The zero-order valence-corrected chi connectivity index (χ0v) is 18.5. The number of rotatable bonds is 5. The summed E-state index contributed by atoms with van der Waals surface area (Å²) in [5, 5.41) is 2.77. The van der Waals surface area contributed by atoms with Crippen LogP contribution in [0.15, 0.2) is 42.5 Å². The van der Waals surface area contributed by atoms with Crippen LogP contribution in [0.3, 0.4) is 0 Å². The first-order valence-electron chi connectivity index (χ1n) is 10.6. The first-order valence-corrected chi connectivity index (χ1v) is 10.6. The van der Waals surface area contributed by atoms with Gasteiger partial charge in [0.25, 0.3) is 0 Å². The van der Waals surface area contributed by atoms with Gasteiger partial charge in [-0.2, -0.15) is 39.5 Å². The van der Waals surface area contributed by atoms with Crippen molar-refractivity contribution in [2.75, 3.05) is 0 Å². The number of alkyl halides is 9. The van der Waals surface area contributed by atoms with Crippen LogP contribution >= 0.6 is 0 Å². The number of fused-ring (bicyclic) bond motifs is 1. The highest BCUT2D eigenvalue weighted by Gasteiger charge is 2.41. The Hall–Kier alpha value is -3.31. The Bertz CT molecular complexity index is 1180. The third kappa shape index (κ3) is 6.08. The largest absolute Gasteiger partial charge is 0.417 e. The van der Waals surface area contributed by atoms with Crippen LogP contribution in [0.5, 0.6) is 0 Å². The van der Waals surface area contributed by atoms with Crippen molar-refractivity contribution in [3.8, 4) is 0 Å². The zero-order chi connectivity index (χ0) is 27.1. The minimum atomic E-state index is -5.44. The molecule has 0 fully saturated rings. The normalized spacial score (nSPS) is 16.6. The molecule has 12 heteroatoms. The average molecular weight is 523 g/mol. The van der Waals surface area contributed by atoms with Crippen LogP contribution in [0.4, 0.5) is 39.5 Å². The molecule has 1 amide bonds. The lowest BCUT2D eigenvalue weighted by Crippen LogP contribution is -2.26. The highest BCUT2D eigenvalue weighted by molar-refractivity contribution is 6.09. The maximum Gasteiger partial charge on any atom is 0.417 e. The summed E-state index contributed by atoms with van der Waals surface area (Å²) < 4.78 is 120. The van der Waals surface area contributed by atoms with Gasteiger partial charge >= 0.3 is 18.5 Å². The summed E-state index contributed by atoms with van der Waals surface area (Å²) in [6.45, 7) is 1.65. The zero-order valence-electron chi connectivity index (χ0n) is 18.5. The van der Waals surface area contributed by atoms with Gasteiger partial charge in [0.2, 0.25) is 5.91 Å². The van der Waals surface area contributed by atoms with Gasteiger partial charge in [-0.25, -0.2) is 0 Å². The van der Waals surface area contributed by atoms with E-state index in [2.05, 4.69) is 5.32 Å². The van der Waals surface area contributed by atoms with Crippen LogP contribution in [-0.2, 0) is 23.6 Å². The molecular formula is C24H18F9NO2. The number of aryl methyl sites for hydroxylation is 1. The molecule has 1 aliphatic rings. The summed E-state index contributed by atoms with van der Waals surface area (Å²) in [5.41, 5.74) is -6.25. The average Bonchev–Trinajstić information content (AvgIpc) is 3.16. The Morgan fingerprint density at radius 2 is 1.47 bits per heavy atom. The SMILES string of the molecule is CCC(=O)NC1CCc2cc(C(=O)/C=C(\c3cc(C(F)(F)F)cc(C(F)(F)F)c3)C(F)(F)F)ccc21. The van der Waals surface area contributed by atoms with E-state index in [1.54, 1.807) is 6.92 Å². The van der Waals surface area contributed by atoms with E-state index in [1.165, 1.54) is 18.2 Å². The lowest BCUT2D eigenvalue weighted by Gasteiger charge is -2.17. The fourth-order valence-electron chi connectivity index (χ4n) is 3.87. The van der Waals surface area contributed by atoms with Gasteiger partial charge in [0.05, 0.1) is 22.7 Å².